The molecule has 3 N–H and O–H groups in total. The summed E-state index contributed by atoms with van der Waals surface area (Å²) in [6.45, 7) is -0.145. The van der Waals surface area contributed by atoms with Gasteiger partial charge in [0.25, 0.3) is 11.6 Å². The first kappa shape index (κ1) is 23.2. The Hall–Kier alpha value is -5.53. The number of hydrogen-bond donors (Lipinski definition) is 2. The molecule has 0 aliphatic heterocycles. The van der Waals surface area contributed by atoms with Gasteiger partial charge < -0.3 is 19.5 Å². The lowest BCUT2D eigenvalue weighted by Crippen LogP contribution is -2.23. The highest BCUT2D eigenvalue weighted by Crippen LogP contribution is 2.34. The van der Waals surface area contributed by atoms with E-state index in [1.165, 1.54) is 31.5 Å². The first-order valence-corrected chi connectivity index (χ1v) is 10.7. The number of carbonyl (C=O) groups excluding carboxylic acids is 1. The van der Waals surface area contributed by atoms with E-state index in [2.05, 4.69) is 30.5 Å². The number of hydrogen-bond acceptors (Lipinski definition) is 11. The number of nitro groups is 1. The molecular weight excluding hydrogens is 484 g/mol. The highest BCUT2D eigenvalue weighted by Gasteiger charge is 2.20. The van der Waals surface area contributed by atoms with Crippen molar-refractivity contribution in [2.45, 2.75) is 6.54 Å². The van der Waals surface area contributed by atoms with Crippen molar-refractivity contribution in [3.63, 3.8) is 0 Å². The van der Waals surface area contributed by atoms with Crippen molar-refractivity contribution >= 4 is 34.7 Å². The number of rotatable bonds is 8. The first-order valence-electron chi connectivity index (χ1n) is 10.7. The number of nitrogen functional groups attached to an aromatic ring is 1. The van der Waals surface area contributed by atoms with Crippen LogP contribution in [0.25, 0.3) is 33.9 Å². The summed E-state index contributed by atoms with van der Waals surface area (Å²) in [7, 11) is 1.45. The monoisotopic (exact) mass is 502 g/mol. The summed E-state index contributed by atoms with van der Waals surface area (Å²) in [5, 5.41) is 22.4. The SMILES string of the molecule is COc1ccc([N+](=O)[O-])cc1-c1ccc(/C=N\NC(=O)Cn2c(-c3nonc3N)nc3ccccc32)o1. The van der Waals surface area contributed by atoms with Crippen LogP contribution >= 0.6 is 0 Å². The highest BCUT2D eigenvalue weighted by atomic mass is 16.6. The Bertz CT molecular complexity index is 1650. The lowest BCUT2D eigenvalue weighted by atomic mass is 10.1. The number of nitro benzene ring substituents is 1. The Morgan fingerprint density at radius 3 is 2.84 bits per heavy atom. The van der Waals surface area contributed by atoms with Crippen molar-refractivity contribution in [3.05, 3.63) is 70.5 Å². The third kappa shape index (κ3) is 4.58. The van der Waals surface area contributed by atoms with Gasteiger partial charge in [0.15, 0.2) is 17.3 Å². The Labute approximate surface area is 207 Å². The molecule has 0 unspecified atom stereocenters. The molecule has 0 aliphatic rings. The minimum absolute atomic E-state index is 0.0454. The number of ether oxygens (including phenoxy) is 1. The molecule has 0 radical (unpaired) electrons. The van der Waals surface area contributed by atoms with Gasteiger partial charge in [-0.25, -0.2) is 15.0 Å². The van der Waals surface area contributed by atoms with Gasteiger partial charge in [-0.15, -0.1) is 0 Å². The van der Waals surface area contributed by atoms with Gasteiger partial charge in [-0.1, -0.05) is 12.1 Å². The number of methoxy groups -OCH3 is 1. The van der Waals surface area contributed by atoms with Gasteiger partial charge in [0.1, 0.15) is 23.8 Å². The van der Waals surface area contributed by atoms with Crippen molar-refractivity contribution in [2.24, 2.45) is 5.10 Å². The number of anilines is 1. The average molecular weight is 502 g/mol. The lowest BCUT2D eigenvalue weighted by molar-refractivity contribution is -0.384. The number of nitrogens with zero attached hydrogens (tertiary/aromatic N) is 6. The summed E-state index contributed by atoms with van der Waals surface area (Å²) in [6, 6.07) is 14.6. The van der Waals surface area contributed by atoms with Gasteiger partial charge in [0, 0.05) is 12.1 Å². The van der Waals surface area contributed by atoms with Crippen molar-refractivity contribution in [1.29, 1.82) is 0 Å². The molecule has 14 heteroatoms. The molecule has 2 aromatic carbocycles. The van der Waals surface area contributed by atoms with Crippen LogP contribution < -0.4 is 15.9 Å². The molecule has 186 valence electrons. The number of furan rings is 1. The van der Waals surface area contributed by atoms with E-state index in [9.17, 15) is 14.9 Å². The van der Waals surface area contributed by atoms with E-state index in [-0.39, 0.29) is 23.7 Å². The largest absolute Gasteiger partial charge is 0.496 e. The van der Waals surface area contributed by atoms with Crippen LogP contribution in [0.15, 0.2) is 68.7 Å². The van der Waals surface area contributed by atoms with Gasteiger partial charge in [-0.3, -0.25) is 14.9 Å². The molecule has 0 atom stereocenters. The number of amides is 1. The van der Waals surface area contributed by atoms with Crippen LogP contribution in [-0.2, 0) is 11.3 Å². The van der Waals surface area contributed by atoms with E-state index in [4.69, 9.17) is 14.9 Å². The molecule has 3 aromatic heterocycles. The zero-order chi connectivity index (χ0) is 25.9. The van der Waals surface area contributed by atoms with E-state index >= 15 is 0 Å². The van der Waals surface area contributed by atoms with E-state index in [1.807, 2.05) is 12.1 Å². The molecule has 0 fully saturated rings. The van der Waals surface area contributed by atoms with Crippen LogP contribution in [0.5, 0.6) is 5.75 Å². The van der Waals surface area contributed by atoms with Gasteiger partial charge >= 0.3 is 0 Å². The lowest BCUT2D eigenvalue weighted by Gasteiger charge is -2.06. The maximum atomic E-state index is 12.7. The number of hydrazone groups is 1. The maximum absolute atomic E-state index is 12.7. The average Bonchev–Trinajstić information content (AvgIpc) is 3.62. The number of benzene rings is 2. The predicted molar refractivity (Wildman–Crippen MR) is 131 cm³/mol. The van der Waals surface area contributed by atoms with E-state index < -0.39 is 10.8 Å². The molecule has 0 aliphatic carbocycles. The first-order chi connectivity index (χ1) is 17.9. The van der Waals surface area contributed by atoms with E-state index in [0.29, 0.717) is 39.7 Å². The summed E-state index contributed by atoms with van der Waals surface area (Å²) < 4.78 is 17.3. The second-order valence-corrected chi connectivity index (χ2v) is 7.65. The molecule has 0 saturated heterocycles. The Balaban J connectivity index is 1.33. The summed E-state index contributed by atoms with van der Waals surface area (Å²) >= 11 is 0. The summed E-state index contributed by atoms with van der Waals surface area (Å²) in [4.78, 5) is 27.8. The second kappa shape index (κ2) is 9.61. The topological polar surface area (TPSA) is 190 Å². The minimum Gasteiger partial charge on any atom is -0.496 e. The zero-order valence-corrected chi connectivity index (χ0v) is 19.2. The number of nitrogens with one attached hydrogen (secondary N) is 1. The normalized spacial score (nSPS) is 11.3. The summed E-state index contributed by atoms with van der Waals surface area (Å²) in [6.07, 6.45) is 1.30. The van der Waals surface area contributed by atoms with E-state index in [0.717, 1.165) is 0 Å². The van der Waals surface area contributed by atoms with Crippen LogP contribution in [0, 0.1) is 10.1 Å². The molecule has 5 rings (SSSR count). The van der Waals surface area contributed by atoms with Gasteiger partial charge in [-0.05, 0) is 40.6 Å². The molecule has 3 heterocycles. The number of imidazole rings is 1. The Kier molecular flexibility index (Phi) is 6.03. The Morgan fingerprint density at radius 1 is 1.24 bits per heavy atom. The van der Waals surface area contributed by atoms with Crippen molar-refractivity contribution < 1.29 is 23.5 Å². The standard InChI is InChI=1S/C23H18N8O6/c1-35-18-8-6-13(31(33)34)10-15(18)19-9-7-14(36-19)11-25-27-20(32)12-30-17-5-3-2-4-16(17)26-23(30)21-22(24)29-37-28-21/h2-11H,12H2,1H3,(H2,24,29)(H,27,32)/b25-11-. The van der Waals surface area contributed by atoms with Crippen LogP contribution in [0.4, 0.5) is 11.5 Å². The summed E-state index contributed by atoms with van der Waals surface area (Å²) in [5.41, 5.74) is 10.1. The third-order valence-electron chi connectivity index (χ3n) is 5.35. The van der Waals surface area contributed by atoms with Crippen molar-refractivity contribution in [1.82, 2.24) is 25.3 Å². The van der Waals surface area contributed by atoms with Crippen LogP contribution in [-0.4, -0.2) is 44.0 Å². The molecule has 14 nitrogen and oxygen atoms in total. The smallest absolute Gasteiger partial charge is 0.270 e. The number of fused-ring (bicyclic) bond motifs is 1. The maximum Gasteiger partial charge on any atom is 0.270 e. The number of nitrogens with two attached hydrogens (primary N) is 1. The van der Waals surface area contributed by atoms with Crippen molar-refractivity contribution in [2.75, 3.05) is 12.8 Å². The molecule has 0 bridgehead atoms. The van der Waals surface area contributed by atoms with Crippen LogP contribution in [0.1, 0.15) is 5.76 Å². The van der Waals surface area contributed by atoms with Crippen LogP contribution in [0.2, 0.25) is 0 Å². The van der Waals surface area contributed by atoms with Gasteiger partial charge in [0.2, 0.25) is 0 Å². The fourth-order valence-electron chi connectivity index (χ4n) is 3.68. The van der Waals surface area contributed by atoms with Crippen LogP contribution in [0.3, 0.4) is 0 Å². The minimum atomic E-state index is -0.508. The molecule has 37 heavy (non-hydrogen) atoms. The second-order valence-electron chi connectivity index (χ2n) is 7.65. The quantitative estimate of drug-likeness (QED) is 0.181. The molecule has 0 saturated carbocycles. The number of para-hydroxylation sites is 2. The fourth-order valence-corrected chi connectivity index (χ4v) is 3.68. The third-order valence-corrected chi connectivity index (χ3v) is 5.35. The molecular formula is C23H18N8O6. The number of aromatic nitrogens is 4. The molecule has 0 spiro atoms. The zero-order valence-electron chi connectivity index (χ0n) is 19.2. The number of non-ortho nitro benzene ring substituents is 1. The molecule has 1 amide bonds. The highest BCUT2D eigenvalue weighted by molar-refractivity contribution is 5.86. The van der Waals surface area contributed by atoms with Crippen molar-refractivity contribution in [3.8, 4) is 28.6 Å². The van der Waals surface area contributed by atoms with Gasteiger partial charge in [-0.2, -0.15) is 5.10 Å². The van der Waals surface area contributed by atoms with E-state index in [1.54, 1.807) is 28.8 Å². The fraction of sp³-hybridized carbons (Fsp3) is 0.0870. The number of carbonyl (C=O) groups is 1. The predicted octanol–water partition coefficient (Wildman–Crippen LogP) is 3.00. The summed E-state index contributed by atoms with van der Waals surface area (Å²) in [5.74, 6) is 0.955. The van der Waals surface area contributed by atoms with Gasteiger partial charge in [0.05, 0.1) is 34.8 Å². The Morgan fingerprint density at radius 2 is 2.08 bits per heavy atom. The molecule has 5 aromatic rings.